The molecule has 0 aromatic rings. The van der Waals surface area contributed by atoms with Crippen molar-refractivity contribution in [3.8, 4) is 0 Å². The third kappa shape index (κ3) is 2.72. The topological polar surface area (TPSA) is 33.6 Å². The van der Waals surface area contributed by atoms with Gasteiger partial charge < -0.3 is 10.1 Å². The van der Waals surface area contributed by atoms with E-state index in [1.165, 1.54) is 18.6 Å². The lowest BCUT2D eigenvalue weighted by Gasteiger charge is -2.40. The molecule has 0 spiro atoms. The maximum atomic E-state index is 5.57. The Labute approximate surface area is 102 Å². The Kier molecular flexibility index (Phi) is 3.50. The molecule has 2 rings (SSSR count). The molecule has 2 fully saturated rings. The number of rotatable bonds is 3. The number of ether oxygens (including phenoxy) is 1. The van der Waals surface area contributed by atoms with E-state index in [9.17, 15) is 0 Å². The van der Waals surface area contributed by atoms with Gasteiger partial charge in [0.25, 0.3) is 0 Å². The molecular weight excluding hydrogens is 220 g/mol. The van der Waals surface area contributed by atoms with Gasteiger partial charge in [0, 0.05) is 18.4 Å². The highest BCUT2D eigenvalue weighted by Crippen LogP contribution is 2.35. The third-order valence-electron chi connectivity index (χ3n) is 3.62. The SMILES string of the molecule is COC1(CN=C2NC(C)(C)CCS2)CCC1. The quantitative estimate of drug-likeness (QED) is 0.825. The molecule has 1 aliphatic heterocycles. The monoisotopic (exact) mass is 242 g/mol. The van der Waals surface area contributed by atoms with Crippen molar-refractivity contribution in [1.29, 1.82) is 0 Å². The normalized spacial score (nSPS) is 29.6. The molecule has 2 aliphatic rings. The first-order valence-electron chi connectivity index (χ1n) is 6.06. The second kappa shape index (κ2) is 4.57. The summed E-state index contributed by atoms with van der Waals surface area (Å²) in [4.78, 5) is 4.69. The highest BCUT2D eigenvalue weighted by molar-refractivity contribution is 8.13. The van der Waals surface area contributed by atoms with Crippen LogP contribution >= 0.6 is 11.8 Å². The number of thioether (sulfide) groups is 1. The number of nitrogens with one attached hydrogen (secondary N) is 1. The highest BCUT2D eigenvalue weighted by Gasteiger charge is 2.37. The van der Waals surface area contributed by atoms with Crippen LogP contribution in [0.3, 0.4) is 0 Å². The molecule has 16 heavy (non-hydrogen) atoms. The fraction of sp³-hybridized carbons (Fsp3) is 0.917. The average molecular weight is 242 g/mol. The van der Waals surface area contributed by atoms with Gasteiger partial charge >= 0.3 is 0 Å². The van der Waals surface area contributed by atoms with Crippen LogP contribution in [-0.4, -0.2) is 35.7 Å². The van der Waals surface area contributed by atoms with Crippen LogP contribution in [0.4, 0.5) is 0 Å². The van der Waals surface area contributed by atoms with Crippen molar-refractivity contribution in [3.63, 3.8) is 0 Å². The van der Waals surface area contributed by atoms with E-state index in [2.05, 4.69) is 24.2 Å². The molecule has 3 nitrogen and oxygen atoms in total. The van der Waals surface area contributed by atoms with Gasteiger partial charge in [-0.25, -0.2) is 0 Å². The Morgan fingerprint density at radius 3 is 2.62 bits per heavy atom. The second-order valence-corrected chi connectivity index (χ2v) is 6.55. The maximum Gasteiger partial charge on any atom is 0.157 e. The van der Waals surface area contributed by atoms with E-state index in [0.29, 0.717) is 0 Å². The summed E-state index contributed by atoms with van der Waals surface area (Å²) in [5.41, 5.74) is 0.251. The summed E-state index contributed by atoms with van der Waals surface area (Å²) < 4.78 is 5.57. The molecule has 0 radical (unpaired) electrons. The van der Waals surface area contributed by atoms with Gasteiger partial charge in [-0.1, -0.05) is 11.8 Å². The largest absolute Gasteiger partial charge is 0.376 e. The number of aliphatic imine (C=N–C) groups is 1. The summed E-state index contributed by atoms with van der Waals surface area (Å²) in [5, 5.41) is 4.59. The standard InChI is InChI=1S/C12H22N2OS/c1-11(2)7-8-16-10(14-11)13-9-12(15-3)5-4-6-12/h4-9H2,1-3H3,(H,13,14). The molecule has 0 unspecified atom stereocenters. The van der Waals surface area contributed by atoms with Crippen molar-refractivity contribution in [2.75, 3.05) is 19.4 Å². The molecule has 1 aliphatic carbocycles. The first-order chi connectivity index (χ1) is 7.55. The minimum atomic E-state index is 0.0524. The Morgan fingerprint density at radius 2 is 2.12 bits per heavy atom. The fourth-order valence-corrected chi connectivity index (χ4v) is 3.40. The first-order valence-corrected chi connectivity index (χ1v) is 7.04. The van der Waals surface area contributed by atoms with E-state index >= 15 is 0 Å². The van der Waals surface area contributed by atoms with Gasteiger partial charge in [0.05, 0.1) is 12.1 Å². The summed E-state index contributed by atoms with van der Waals surface area (Å²) in [6.45, 7) is 5.28. The molecule has 0 aromatic heterocycles. The van der Waals surface area contributed by atoms with Crippen LogP contribution in [0.15, 0.2) is 4.99 Å². The molecular formula is C12H22N2OS. The maximum absolute atomic E-state index is 5.57. The molecule has 1 heterocycles. The van der Waals surface area contributed by atoms with Crippen molar-refractivity contribution in [1.82, 2.24) is 5.32 Å². The van der Waals surface area contributed by atoms with E-state index in [0.717, 1.165) is 24.6 Å². The van der Waals surface area contributed by atoms with Crippen molar-refractivity contribution in [3.05, 3.63) is 0 Å². The number of hydrogen-bond donors (Lipinski definition) is 1. The molecule has 1 N–H and O–H groups in total. The minimum Gasteiger partial charge on any atom is -0.376 e. The minimum absolute atomic E-state index is 0.0524. The molecule has 0 aromatic carbocycles. The number of amidine groups is 1. The highest BCUT2D eigenvalue weighted by atomic mass is 32.2. The second-order valence-electron chi connectivity index (χ2n) is 5.47. The summed E-state index contributed by atoms with van der Waals surface area (Å²) in [7, 11) is 1.81. The van der Waals surface area contributed by atoms with E-state index in [4.69, 9.17) is 4.74 Å². The lowest BCUT2D eigenvalue weighted by Crippen LogP contribution is -2.47. The fourth-order valence-electron chi connectivity index (χ4n) is 2.09. The molecule has 4 heteroatoms. The van der Waals surface area contributed by atoms with E-state index in [-0.39, 0.29) is 11.1 Å². The van der Waals surface area contributed by atoms with Crippen molar-refractivity contribution < 1.29 is 4.74 Å². The van der Waals surface area contributed by atoms with Gasteiger partial charge in [0.1, 0.15) is 0 Å². The van der Waals surface area contributed by atoms with E-state index < -0.39 is 0 Å². The van der Waals surface area contributed by atoms with Crippen LogP contribution in [-0.2, 0) is 4.74 Å². The zero-order valence-corrected chi connectivity index (χ0v) is 11.3. The molecule has 1 saturated carbocycles. The number of hydrogen-bond acceptors (Lipinski definition) is 3. The average Bonchev–Trinajstić information content (AvgIpc) is 2.15. The van der Waals surface area contributed by atoms with Gasteiger partial charge in [-0.3, -0.25) is 4.99 Å². The van der Waals surface area contributed by atoms with Gasteiger partial charge in [0.2, 0.25) is 0 Å². The summed E-state index contributed by atoms with van der Waals surface area (Å²) in [6.07, 6.45) is 4.81. The van der Waals surface area contributed by atoms with Crippen LogP contribution in [0.1, 0.15) is 39.5 Å². The lowest BCUT2D eigenvalue weighted by atomic mass is 9.80. The Hall–Kier alpha value is -0.220. The molecule has 92 valence electrons. The van der Waals surface area contributed by atoms with Gasteiger partial charge in [0.15, 0.2) is 5.17 Å². The van der Waals surface area contributed by atoms with Crippen molar-refractivity contribution in [2.24, 2.45) is 4.99 Å². The Balaban J connectivity index is 1.91. The summed E-state index contributed by atoms with van der Waals surface area (Å²) in [5.74, 6) is 1.17. The smallest absolute Gasteiger partial charge is 0.157 e. The molecule has 0 amide bonds. The van der Waals surface area contributed by atoms with Gasteiger partial charge in [-0.15, -0.1) is 0 Å². The van der Waals surface area contributed by atoms with E-state index in [1.54, 1.807) is 0 Å². The molecule has 0 atom stereocenters. The third-order valence-corrected chi connectivity index (χ3v) is 4.53. The van der Waals surface area contributed by atoms with Crippen LogP contribution < -0.4 is 5.32 Å². The molecule has 0 bridgehead atoms. The van der Waals surface area contributed by atoms with Crippen molar-refractivity contribution >= 4 is 16.9 Å². The predicted molar refractivity (Wildman–Crippen MR) is 70.2 cm³/mol. The Morgan fingerprint density at radius 1 is 1.38 bits per heavy atom. The Bertz CT molecular complexity index is 279. The molecule has 1 saturated heterocycles. The number of methoxy groups -OCH3 is 1. The van der Waals surface area contributed by atoms with Gasteiger partial charge in [-0.05, 0) is 39.5 Å². The predicted octanol–water partition coefficient (Wildman–Crippen LogP) is 2.42. The van der Waals surface area contributed by atoms with Crippen LogP contribution in [0.2, 0.25) is 0 Å². The zero-order chi connectivity index (χ0) is 11.6. The van der Waals surface area contributed by atoms with Crippen LogP contribution in [0.5, 0.6) is 0 Å². The summed E-state index contributed by atoms with van der Waals surface area (Å²) >= 11 is 1.83. The van der Waals surface area contributed by atoms with Crippen LogP contribution in [0, 0.1) is 0 Å². The first kappa shape index (κ1) is 12.2. The van der Waals surface area contributed by atoms with Crippen molar-refractivity contribution in [2.45, 2.75) is 50.7 Å². The number of nitrogens with zero attached hydrogens (tertiary/aromatic N) is 1. The summed E-state index contributed by atoms with van der Waals surface area (Å²) in [6, 6.07) is 0. The van der Waals surface area contributed by atoms with Crippen LogP contribution in [0.25, 0.3) is 0 Å². The van der Waals surface area contributed by atoms with Gasteiger partial charge in [-0.2, -0.15) is 0 Å². The lowest BCUT2D eigenvalue weighted by molar-refractivity contribution is -0.0629. The van der Waals surface area contributed by atoms with E-state index in [1.807, 2.05) is 18.9 Å². The zero-order valence-electron chi connectivity index (χ0n) is 10.5.